The van der Waals surface area contributed by atoms with Crippen molar-refractivity contribution >= 4 is 0 Å². The summed E-state index contributed by atoms with van der Waals surface area (Å²) in [4.78, 5) is 0. The molecule has 0 spiro atoms. The highest BCUT2D eigenvalue weighted by molar-refractivity contribution is 5.55. The van der Waals surface area contributed by atoms with Gasteiger partial charge in [0.2, 0.25) is 0 Å². The van der Waals surface area contributed by atoms with Gasteiger partial charge < -0.3 is 14.8 Å². The Bertz CT molecular complexity index is 476. The molecule has 2 aliphatic rings. The van der Waals surface area contributed by atoms with Crippen molar-refractivity contribution in [2.45, 2.75) is 45.1 Å². The zero-order valence-corrected chi connectivity index (χ0v) is 12.1. The number of fused-ring (bicyclic) bond motifs is 1. The Morgan fingerprint density at radius 3 is 2.68 bits per heavy atom. The Kier molecular flexibility index (Phi) is 3.17. The van der Waals surface area contributed by atoms with Crippen LogP contribution in [0.3, 0.4) is 0 Å². The van der Waals surface area contributed by atoms with Gasteiger partial charge in [-0.1, -0.05) is 19.9 Å². The van der Waals surface area contributed by atoms with E-state index in [4.69, 9.17) is 9.47 Å². The van der Waals surface area contributed by atoms with Crippen LogP contribution in [-0.4, -0.2) is 19.8 Å². The number of hydrogen-bond donors (Lipinski definition) is 1. The van der Waals surface area contributed by atoms with Crippen LogP contribution in [-0.2, 0) is 5.54 Å². The molecule has 1 fully saturated rings. The van der Waals surface area contributed by atoms with E-state index in [0.717, 1.165) is 18.0 Å². The molecule has 2 heterocycles. The molecule has 1 N–H and O–H groups in total. The van der Waals surface area contributed by atoms with Gasteiger partial charge in [0.1, 0.15) is 13.2 Å². The first-order chi connectivity index (χ1) is 9.12. The van der Waals surface area contributed by atoms with Gasteiger partial charge >= 0.3 is 0 Å². The van der Waals surface area contributed by atoms with Gasteiger partial charge in [0.25, 0.3) is 0 Å². The number of nitrogens with one attached hydrogen (secondary N) is 1. The van der Waals surface area contributed by atoms with Gasteiger partial charge in [0.15, 0.2) is 11.5 Å². The second kappa shape index (κ2) is 4.71. The zero-order valence-electron chi connectivity index (χ0n) is 12.1. The lowest BCUT2D eigenvalue weighted by Gasteiger charge is -2.32. The van der Waals surface area contributed by atoms with E-state index in [-0.39, 0.29) is 5.54 Å². The van der Waals surface area contributed by atoms with Gasteiger partial charge in [-0.05, 0) is 43.9 Å². The molecule has 0 aromatic heterocycles. The molecule has 1 aromatic rings. The summed E-state index contributed by atoms with van der Waals surface area (Å²) >= 11 is 0. The molecule has 1 unspecified atom stereocenters. The average Bonchev–Trinajstić information content (AvgIpc) is 2.85. The lowest BCUT2D eigenvalue weighted by molar-refractivity contribution is 0.168. The topological polar surface area (TPSA) is 30.5 Å². The van der Waals surface area contributed by atoms with Gasteiger partial charge in [-0.2, -0.15) is 0 Å². The molecule has 1 atom stereocenters. The molecule has 2 aliphatic heterocycles. The summed E-state index contributed by atoms with van der Waals surface area (Å²) in [7, 11) is 0. The maximum Gasteiger partial charge on any atom is 0.165 e. The van der Waals surface area contributed by atoms with Crippen molar-refractivity contribution in [1.82, 2.24) is 5.32 Å². The molecule has 3 nitrogen and oxygen atoms in total. The Morgan fingerprint density at radius 2 is 2.00 bits per heavy atom. The molecule has 3 rings (SSSR count). The monoisotopic (exact) mass is 261 g/mol. The Labute approximate surface area is 115 Å². The van der Waals surface area contributed by atoms with E-state index in [2.05, 4.69) is 38.2 Å². The van der Waals surface area contributed by atoms with E-state index in [1.165, 1.54) is 24.0 Å². The molecule has 104 valence electrons. The summed E-state index contributed by atoms with van der Waals surface area (Å²) in [6.45, 7) is 9.17. The summed E-state index contributed by atoms with van der Waals surface area (Å²) < 4.78 is 11.6. The predicted octanol–water partition coefficient (Wildman–Crippen LogP) is 3.18. The largest absolute Gasteiger partial charge is 0.486 e. The molecular formula is C16H23NO2. The van der Waals surface area contributed by atoms with Crippen LogP contribution in [0, 0.1) is 0 Å². The maximum absolute atomic E-state index is 5.91. The molecule has 0 bridgehead atoms. The fraction of sp³-hybridized carbons (Fsp3) is 0.625. The summed E-state index contributed by atoms with van der Waals surface area (Å²) in [5.41, 5.74) is 2.77. The fourth-order valence-corrected chi connectivity index (χ4v) is 3.32. The minimum absolute atomic E-state index is 0.0788. The van der Waals surface area contributed by atoms with Gasteiger partial charge in [-0.15, -0.1) is 0 Å². The molecule has 0 radical (unpaired) electrons. The summed E-state index contributed by atoms with van der Waals surface area (Å²) in [6, 6.07) is 4.29. The quantitative estimate of drug-likeness (QED) is 0.887. The zero-order chi connectivity index (χ0) is 13.5. The fourth-order valence-electron chi connectivity index (χ4n) is 3.32. The van der Waals surface area contributed by atoms with E-state index >= 15 is 0 Å². The molecule has 0 saturated carbocycles. The standard InChI is InChI=1S/C16H23NO2/c1-11(2)14-12(16(3)7-4-8-17-16)5-6-13-15(14)19-10-9-18-13/h5-6,11,17H,4,7-10H2,1-3H3. The minimum Gasteiger partial charge on any atom is -0.486 e. The molecule has 3 heteroatoms. The van der Waals surface area contributed by atoms with Crippen LogP contribution >= 0.6 is 0 Å². The van der Waals surface area contributed by atoms with Gasteiger partial charge in [-0.3, -0.25) is 0 Å². The third-order valence-electron chi connectivity index (χ3n) is 4.29. The highest BCUT2D eigenvalue weighted by Gasteiger charge is 2.35. The summed E-state index contributed by atoms with van der Waals surface area (Å²) in [6.07, 6.45) is 2.43. The molecule has 0 amide bonds. The van der Waals surface area contributed by atoms with E-state index < -0.39 is 0 Å². The smallest absolute Gasteiger partial charge is 0.165 e. The van der Waals surface area contributed by atoms with Crippen molar-refractivity contribution in [3.8, 4) is 11.5 Å². The minimum atomic E-state index is 0.0788. The van der Waals surface area contributed by atoms with Crippen LogP contribution in [0.1, 0.15) is 50.7 Å². The van der Waals surface area contributed by atoms with E-state index in [9.17, 15) is 0 Å². The van der Waals surface area contributed by atoms with E-state index in [1.54, 1.807) is 0 Å². The van der Waals surface area contributed by atoms with Crippen molar-refractivity contribution in [3.63, 3.8) is 0 Å². The van der Waals surface area contributed by atoms with Crippen molar-refractivity contribution in [2.24, 2.45) is 0 Å². The van der Waals surface area contributed by atoms with Gasteiger partial charge in [0, 0.05) is 11.1 Å². The van der Waals surface area contributed by atoms with Crippen molar-refractivity contribution in [1.29, 1.82) is 0 Å². The number of benzene rings is 1. The molecular weight excluding hydrogens is 238 g/mol. The number of hydrogen-bond acceptors (Lipinski definition) is 3. The Hall–Kier alpha value is -1.22. The summed E-state index contributed by atoms with van der Waals surface area (Å²) in [5.74, 6) is 2.31. The first-order valence-electron chi connectivity index (χ1n) is 7.30. The lowest BCUT2D eigenvalue weighted by Crippen LogP contribution is -2.35. The second-order valence-corrected chi connectivity index (χ2v) is 6.07. The normalized spacial score (nSPS) is 25.9. The van der Waals surface area contributed by atoms with Gasteiger partial charge in [-0.25, -0.2) is 0 Å². The van der Waals surface area contributed by atoms with Gasteiger partial charge in [0.05, 0.1) is 0 Å². The van der Waals surface area contributed by atoms with Crippen molar-refractivity contribution < 1.29 is 9.47 Å². The number of rotatable bonds is 2. The van der Waals surface area contributed by atoms with Crippen LogP contribution in [0.5, 0.6) is 11.5 Å². The van der Waals surface area contributed by atoms with Crippen LogP contribution in [0.2, 0.25) is 0 Å². The second-order valence-electron chi connectivity index (χ2n) is 6.07. The average molecular weight is 261 g/mol. The van der Waals surface area contributed by atoms with Crippen LogP contribution in [0.25, 0.3) is 0 Å². The lowest BCUT2D eigenvalue weighted by atomic mass is 9.82. The van der Waals surface area contributed by atoms with Crippen LogP contribution in [0.15, 0.2) is 12.1 Å². The first-order valence-corrected chi connectivity index (χ1v) is 7.30. The van der Waals surface area contributed by atoms with E-state index in [0.29, 0.717) is 19.1 Å². The molecule has 0 aliphatic carbocycles. The Balaban J connectivity index is 2.14. The predicted molar refractivity (Wildman–Crippen MR) is 76.1 cm³/mol. The summed E-state index contributed by atoms with van der Waals surface area (Å²) in [5, 5.41) is 3.65. The highest BCUT2D eigenvalue weighted by atomic mass is 16.6. The molecule has 19 heavy (non-hydrogen) atoms. The Morgan fingerprint density at radius 1 is 1.21 bits per heavy atom. The SMILES string of the molecule is CC(C)c1c(C2(C)CCCN2)ccc2c1OCCO2. The number of ether oxygens (including phenoxy) is 2. The molecule has 1 saturated heterocycles. The van der Waals surface area contributed by atoms with Crippen molar-refractivity contribution in [3.05, 3.63) is 23.3 Å². The third kappa shape index (κ3) is 2.10. The van der Waals surface area contributed by atoms with Crippen LogP contribution in [0.4, 0.5) is 0 Å². The first kappa shape index (κ1) is 12.8. The van der Waals surface area contributed by atoms with E-state index in [1.807, 2.05) is 0 Å². The third-order valence-corrected chi connectivity index (χ3v) is 4.29. The van der Waals surface area contributed by atoms with Crippen LogP contribution < -0.4 is 14.8 Å². The van der Waals surface area contributed by atoms with Crippen molar-refractivity contribution in [2.75, 3.05) is 19.8 Å². The maximum atomic E-state index is 5.91. The highest BCUT2D eigenvalue weighted by Crippen LogP contribution is 2.45. The molecule has 1 aromatic carbocycles.